The van der Waals surface area contributed by atoms with Gasteiger partial charge in [-0.3, -0.25) is 9.59 Å². The van der Waals surface area contributed by atoms with Crippen LogP contribution < -0.4 is 5.32 Å². The lowest BCUT2D eigenvalue weighted by atomic mass is 9.99. The number of piperidine rings is 1. The minimum absolute atomic E-state index is 0.431. The molecule has 0 unspecified atom stereocenters. The zero-order chi connectivity index (χ0) is 14.7. The monoisotopic (exact) mass is 338 g/mol. The van der Waals surface area contributed by atoms with E-state index in [4.69, 9.17) is 0 Å². The van der Waals surface area contributed by atoms with Crippen LogP contribution in [-0.2, 0) is 9.59 Å². The van der Waals surface area contributed by atoms with Crippen LogP contribution in [0.1, 0.15) is 25.3 Å². The van der Waals surface area contributed by atoms with Crippen LogP contribution in [0.5, 0.6) is 0 Å². The van der Waals surface area contributed by atoms with E-state index in [0.717, 1.165) is 22.9 Å². The normalized spacial score (nSPS) is 16.1. The number of likely N-dealkylation sites (tertiary alicyclic amines) is 1. The number of rotatable bonds is 1. The van der Waals surface area contributed by atoms with Gasteiger partial charge in [-0.15, -0.1) is 0 Å². The van der Waals surface area contributed by atoms with Crippen LogP contribution in [-0.4, -0.2) is 29.8 Å². The second-order valence-corrected chi connectivity index (χ2v) is 6.30. The van der Waals surface area contributed by atoms with Crippen molar-refractivity contribution in [3.63, 3.8) is 0 Å². The SMILES string of the molecule is Cc1cc(Br)ccc1NC(=O)C(=O)N1CCC(C)CC1. The Balaban J connectivity index is 1.99. The first-order valence-corrected chi connectivity index (χ1v) is 7.63. The highest BCUT2D eigenvalue weighted by Crippen LogP contribution is 2.20. The molecule has 0 atom stereocenters. The van der Waals surface area contributed by atoms with Gasteiger partial charge in [0, 0.05) is 23.2 Å². The third kappa shape index (κ3) is 3.60. The molecule has 1 N–H and O–H groups in total. The number of carbonyl (C=O) groups excluding carboxylic acids is 2. The van der Waals surface area contributed by atoms with Gasteiger partial charge in [0.1, 0.15) is 0 Å². The second-order valence-electron chi connectivity index (χ2n) is 5.39. The van der Waals surface area contributed by atoms with E-state index >= 15 is 0 Å². The summed E-state index contributed by atoms with van der Waals surface area (Å²) in [6.45, 7) is 5.42. The van der Waals surface area contributed by atoms with E-state index in [1.165, 1.54) is 0 Å². The Labute approximate surface area is 127 Å². The molecule has 5 heteroatoms. The van der Waals surface area contributed by atoms with Gasteiger partial charge < -0.3 is 10.2 Å². The second kappa shape index (κ2) is 6.39. The number of nitrogens with one attached hydrogen (secondary N) is 1. The molecule has 1 fully saturated rings. The van der Waals surface area contributed by atoms with Crippen LogP contribution in [0.25, 0.3) is 0 Å². The number of halogens is 1. The molecule has 0 saturated carbocycles. The Hall–Kier alpha value is -1.36. The summed E-state index contributed by atoms with van der Waals surface area (Å²) in [5, 5.41) is 2.69. The smallest absolute Gasteiger partial charge is 0.313 e. The van der Waals surface area contributed by atoms with Gasteiger partial charge in [-0.05, 0) is 49.4 Å². The highest BCUT2D eigenvalue weighted by atomic mass is 79.9. The summed E-state index contributed by atoms with van der Waals surface area (Å²) in [6, 6.07) is 5.54. The lowest BCUT2D eigenvalue weighted by Crippen LogP contribution is -2.43. The van der Waals surface area contributed by atoms with E-state index in [2.05, 4.69) is 28.2 Å². The Morgan fingerprint density at radius 3 is 2.55 bits per heavy atom. The van der Waals surface area contributed by atoms with E-state index < -0.39 is 11.8 Å². The third-order valence-electron chi connectivity index (χ3n) is 3.70. The maximum absolute atomic E-state index is 12.1. The van der Waals surface area contributed by atoms with E-state index in [0.29, 0.717) is 24.7 Å². The van der Waals surface area contributed by atoms with Crippen LogP contribution in [0.2, 0.25) is 0 Å². The molecule has 0 aliphatic carbocycles. The molecule has 4 nitrogen and oxygen atoms in total. The third-order valence-corrected chi connectivity index (χ3v) is 4.19. The van der Waals surface area contributed by atoms with Gasteiger partial charge in [0.2, 0.25) is 0 Å². The lowest BCUT2D eigenvalue weighted by Gasteiger charge is -2.29. The van der Waals surface area contributed by atoms with Crippen molar-refractivity contribution >= 4 is 33.4 Å². The molecule has 1 aromatic carbocycles. The molecule has 2 rings (SSSR count). The van der Waals surface area contributed by atoms with Crippen molar-refractivity contribution in [1.82, 2.24) is 4.90 Å². The topological polar surface area (TPSA) is 49.4 Å². The predicted octanol–water partition coefficient (Wildman–Crippen LogP) is 2.95. The summed E-state index contributed by atoms with van der Waals surface area (Å²) in [4.78, 5) is 25.8. The average Bonchev–Trinajstić information content (AvgIpc) is 2.42. The van der Waals surface area contributed by atoms with Crippen molar-refractivity contribution in [3.05, 3.63) is 28.2 Å². The number of benzene rings is 1. The van der Waals surface area contributed by atoms with Gasteiger partial charge >= 0.3 is 11.8 Å². The Bertz CT molecular complexity index is 523. The highest BCUT2D eigenvalue weighted by molar-refractivity contribution is 9.10. The summed E-state index contributed by atoms with van der Waals surface area (Å²) < 4.78 is 0.948. The maximum atomic E-state index is 12.1. The molecule has 20 heavy (non-hydrogen) atoms. The maximum Gasteiger partial charge on any atom is 0.313 e. The number of hydrogen-bond acceptors (Lipinski definition) is 2. The quantitative estimate of drug-likeness (QED) is 0.800. The first-order valence-electron chi connectivity index (χ1n) is 6.84. The number of aryl methyl sites for hydroxylation is 1. The van der Waals surface area contributed by atoms with Gasteiger partial charge in [-0.2, -0.15) is 0 Å². The molecule has 1 aromatic rings. The minimum atomic E-state index is -0.551. The van der Waals surface area contributed by atoms with Crippen molar-refractivity contribution in [2.75, 3.05) is 18.4 Å². The zero-order valence-electron chi connectivity index (χ0n) is 11.8. The number of carbonyl (C=O) groups is 2. The summed E-state index contributed by atoms with van der Waals surface area (Å²) in [7, 11) is 0. The summed E-state index contributed by atoms with van der Waals surface area (Å²) in [6.07, 6.45) is 1.94. The minimum Gasteiger partial charge on any atom is -0.334 e. The fraction of sp³-hybridized carbons (Fsp3) is 0.467. The molecule has 0 aromatic heterocycles. The summed E-state index contributed by atoms with van der Waals surface area (Å²) in [5.74, 6) is -0.347. The molecule has 0 bridgehead atoms. The average molecular weight is 339 g/mol. The van der Waals surface area contributed by atoms with Crippen molar-refractivity contribution in [2.24, 2.45) is 5.92 Å². The van der Waals surface area contributed by atoms with Crippen molar-refractivity contribution in [3.8, 4) is 0 Å². The summed E-state index contributed by atoms with van der Waals surface area (Å²) in [5.41, 5.74) is 1.60. The van der Waals surface area contributed by atoms with Crippen LogP contribution >= 0.6 is 15.9 Å². The lowest BCUT2D eigenvalue weighted by molar-refractivity contribution is -0.144. The van der Waals surface area contributed by atoms with Gasteiger partial charge in [-0.1, -0.05) is 22.9 Å². The number of hydrogen-bond donors (Lipinski definition) is 1. The van der Waals surface area contributed by atoms with E-state index in [-0.39, 0.29) is 0 Å². The molecule has 1 heterocycles. The molecule has 0 radical (unpaired) electrons. The number of nitrogens with zero attached hydrogens (tertiary/aromatic N) is 1. The van der Waals surface area contributed by atoms with Crippen molar-refractivity contribution in [1.29, 1.82) is 0 Å². The van der Waals surface area contributed by atoms with Gasteiger partial charge in [0.05, 0.1) is 0 Å². The first kappa shape index (κ1) is 15.0. The predicted molar refractivity (Wildman–Crippen MR) is 82.5 cm³/mol. The first-order chi connectivity index (χ1) is 9.47. The van der Waals surface area contributed by atoms with E-state index in [9.17, 15) is 9.59 Å². The van der Waals surface area contributed by atoms with E-state index in [1.807, 2.05) is 19.1 Å². The van der Waals surface area contributed by atoms with Crippen molar-refractivity contribution < 1.29 is 9.59 Å². The molecular weight excluding hydrogens is 320 g/mol. The van der Waals surface area contributed by atoms with Gasteiger partial charge in [0.15, 0.2) is 0 Å². The van der Waals surface area contributed by atoms with Crippen LogP contribution in [0, 0.1) is 12.8 Å². The molecule has 1 aliphatic heterocycles. The molecule has 1 saturated heterocycles. The molecule has 1 aliphatic rings. The Morgan fingerprint density at radius 1 is 1.30 bits per heavy atom. The Kier molecular flexibility index (Phi) is 4.81. The molecule has 2 amide bonds. The number of anilines is 1. The van der Waals surface area contributed by atoms with Crippen molar-refractivity contribution in [2.45, 2.75) is 26.7 Å². The van der Waals surface area contributed by atoms with E-state index in [1.54, 1.807) is 11.0 Å². The largest absolute Gasteiger partial charge is 0.334 e. The Morgan fingerprint density at radius 2 is 1.95 bits per heavy atom. The number of amides is 2. The van der Waals surface area contributed by atoms with Crippen LogP contribution in [0.4, 0.5) is 5.69 Å². The van der Waals surface area contributed by atoms with Gasteiger partial charge in [0.25, 0.3) is 0 Å². The fourth-order valence-corrected chi connectivity index (χ4v) is 2.77. The van der Waals surface area contributed by atoms with Gasteiger partial charge in [-0.25, -0.2) is 0 Å². The van der Waals surface area contributed by atoms with Crippen LogP contribution in [0.15, 0.2) is 22.7 Å². The molecule has 0 spiro atoms. The molecule has 108 valence electrons. The van der Waals surface area contributed by atoms with Crippen LogP contribution in [0.3, 0.4) is 0 Å². The summed E-state index contributed by atoms with van der Waals surface area (Å²) >= 11 is 3.37. The zero-order valence-corrected chi connectivity index (χ0v) is 13.4. The fourth-order valence-electron chi connectivity index (χ4n) is 2.30. The highest BCUT2D eigenvalue weighted by Gasteiger charge is 2.25. The standard InChI is InChI=1S/C15H19BrN2O2/c1-10-5-7-18(8-6-10)15(20)14(19)17-13-4-3-12(16)9-11(13)2/h3-4,9-10H,5-8H2,1-2H3,(H,17,19). The molecular formula is C15H19BrN2O2.